The average molecular weight is 198 g/mol. The number of hydrogen-bond donors (Lipinski definition) is 1. The Labute approximate surface area is 79.2 Å². The monoisotopic (exact) mass is 198 g/mol. The molecule has 0 bridgehead atoms. The molecule has 14 heavy (non-hydrogen) atoms. The molecule has 0 atom stereocenters. The van der Waals surface area contributed by atoms with Gasteiger partial charge in [-0.3, -0.25) is 0 Å². The molecule has 0 saturated heterocycles. The van der Waals surface area contributed by atoms with E-state index in [1.54, 1.807) is 0 Å². The van der Waals surface area contributed by atoms with Crippen LogP contribution in [0.1, 0.15) is 34.7 Å². The molecule has 0 spiro atoms. The first-order chi connectivity index (χ1) is 6.61. The third kappa shape index (κ3) is 1.36. The first-order valence-corrected chi connectivity index (χ1v) is 4.32. The topological polar surface area (TPSA) is 37.3 Å². The van der Waals surface area contributed by atoms with Gasteiger partial charge in [-0.1, -0.05) is 0 Å². The van der Waals surface area contributed by atoms with Gasteiger partial charge >= 0.3 is 5.97 Å². The maximum Gasteiger partial charge on any atom is 0.338 e. The maximum absolute atomic E-state index is 13.5. The summed E-state index contributed by atoms with van der Waals surface area (Å²) in [7, 11) is 0. The summed E-state index contributed by atoms with van der Waals surface area (Å²) in [5.41, 5.74) is -0.516. The van der Waals surface area contributed by atoms with E-state index in [0.717, 1.165) is 25.0 Å². The summed E-state index contributed by atoms with van der Waals surface area (Å²) in [5.74, 6) is -3.05. The van der Waals surface area contributed by atoms with Crippen LogP contribution in [0.4, 0.5) is 8.78 Å². The average Bonchev–Trinajstić information content (AvgIpc) is 2.87. The first-order valence-electron chi connectivity index (χ1n) is 4.32. The van der Waals surface area contributed by atoms with Gasteiger partial charge in [-0.25, -0.2) is 13.6 Å². The van der Waals surface area contributed by atoms with Gasteiger partial charge in [0.05, 0.1) is 5.56 Å². The molecule has 0 radical (unpaired) electrons. The Balaban J connectivity index is 2.56. The molecular weight excluding hydrogens is 190 g/mol. The minimum absolute atomic E-state index is 0.0649. The van der Waals surface area contributed by atoms with Gasteiger partial charge in [0.25, 0.3) is 0 Å². The van der Waals surface area contributed by atoms with Crippen LogP contribution < -0.4 is 0 Å². The predicted molar refractivity (Wildman–Crippen MR) is 45.3 cm³/mol. The summed E-state index contributed by atoms with van der Waals surface area (Å²) in [6, 6.07) is 1.97. The summed E-state index contributed by atoms with van der Waals surface area (Å²) in [4.78, 5) is 10.6. The molecule has 1 fully saturated rings. The largest absolute Gasteiger partial charge is 0.478 e. The van der Waals surface area contributed by atoms with Crippen molar-refractivity contribution < 1.29 is 18.7 Å². The van der Waals surface area contributed by atoms with E-state index in [-0.39, 0.29) is 11.5 Å². The minimum atomic E-state index is -1.36. The lowest BCUT2D eigenvalue weighted by molar-refractivity contribution is 0.0691. The number of carboxylic acids is 1. The second-order valence-electron chi connectivity index (χ2n) is 3.40. The number of aromatic carboxylic acids is 1. The molecule has 2 rings (SSSR count). The fourth-order valence-corrected chi connectivity index (χ4v) is 1.48. The van der Waals surface area contributed by atoms with Gasteiger partial charge in [0, 0.05) is 5.56 Å². The lowest BCUT2D eigenvalue weighted by atomic mass is 10.1. The Morgan fingerprint density at radius 1 is 1.36 bits per heavy atom. The zero-order valence-corrected chi connectivity index (χ0v) is 7.26. The van der Waals surface area contributed by atoms with E-state index in [1.807, 2.05) is 0 Å². The Morgan fingerprint density at radius 2 is 2.00 bits per heavy atom. The lowest BCUT2D eigenvalue weighted by Gasteiger charge is -2.05. The molecule has 0 aromatic heterocycles. The normalized spacial score (nSPS) is 15.6. The summed E-state index contributed by atoms with van der Waals surface area (Å²) < 4.78 is 26.6. The zero-order valence-electron chi connectivity index (χ0n) is 7.26. The molecule has 1 aromatic rings. The van der Waals surface area contributed by atoms with Crippen LogP contribution in [-0.4, -0.2) is 11.1 Å². The summed E-state index contributed by atoms with van der Waals surface area (Å²) in [6.07, 6.45) is 1.47. The number of halogens is 2. The third-order valence-electron chi connectivity index (χ3n) is 2.34. The quantitative estimate of drug-likeness (QED) is 0.792. The van der Waals surface area contributed by atoms with E-state index in [0.29, 0.717) is 0 Å². The van der Waals surface area contributed by atoms with Crippen LogP contribution in [0.25, 0.3) is 0 Å². The molecule has 2 nitrogen and oxygen atoms in total. The van der Waals surface area contributed by atoms with Gasteiger partial charge < -0.3 is 5.11 Å². The van der Waals surface area contributed by atoms with Crippen molar-refractivity contribution in [3.05, 3.63) is 34.9 Å². The van der Waals surface area contributed by atoms with E-state index in [4.69, 9.17) is 5.11 Å². The van der Waals surface area contributed by atoms with Crippen LogP contribution in [0.3, 0.4) is 0 Å². The van der Waals surface area contributed by atoms with E-state index in [2.05, 4.69) is 0 Å². The first kappa shape index (κ1) is 9.12. The van der Waals surface area contributed by atoms with Gasteiger partial charge in [0.2, 0.25) is 0 Å². The van der Waals surface area contributed by atoms with Gasteiger partial charge in [-0.15, -0.1) is 0 Å². The van der Waals surface area contributed by atoms with Crippen LogP contribution in [0.2, 0.25) is 0 Å². The smallest absolute Gasteiger partial charge is 0.338 e. The van der Waals surface area contributed by atoms with Crippen molar-refractivity contribution in [3.8, 4) is 0 Å². The molecule has 4 heteroatoms. The molecule has 1 saturated carbocycles. The van der Waals surface area contributed by atoms with E-state index < -0.39 is 23.2 Å². The summed E-state index contributed by atoms with van der Waals surface area (Å²) in [5, 5.41) is 8.62. The van der Waals surface area contributed by atoms with Crippen molar-refractivity contribution in [1.29, 1.82) is 0 Å². The number of hydrogen-bond acceptors (Lipinski definition) is 1. The second kappa shape index (κ2) is 3.04. The number of carboxylic acid groups (broad SMARTS) is 1. The number of carbonyl (C=O) groups is 1. The molecule has 1 aliphatic rings. The van der Waals surface area contributed by atoms with Gasteiger partial charge in [0.15, 0.2) is 0 Å². The second-order valence-corrected chi connectivity index (χ2v) is 3.40. The highest BCUT2D eigenvalue weighted by Gasteiger charge is 2.31. The summed E-state index contributed by atoms with van der Waals surface area (Å²) in [6.45, 7) is 0. The molecule has 74 valence electrons. The third-order valence-corrected chi connectivity index (χ3v) is 2.34. The predicted octanol–water partition coefficient (Wildman–Crippen LogP) is 2.54. The van der Waals surface area contributed by atoms with Crippen molar-refractivity contribution in [2.75, 3.05) is 0 Å². The highest BCUT2D eigenvalue weighted by molar-refractivity contribution is 5.88. The number of benzene rings is 1. The highest BCUT2D eigenvalue weighted by Crippen LogP contribution is 2.43. The Morgan fingerprint density at radius 3 is 2.50 bits per heavy atom. The molecule has 1 aliphatic carbocycles. The SMILES string of the molecule is O=C(O)c1ccc(F)c(C2CC2)c1F. The molecule has 0 unspecified atom stereocenters. The molecule has 0 aliphatic heterocycles. The van der Waals surface area contributed by atoms with Crippen LogP contribution >= 0.6 is 0 Å². The van der Waals surface area contributed by atoms with Crippen LogP contribution in [-0.2, 0) is 0 Å². The molecule has 1 aromatic carbocycles. The molecule has 0 amide bonds. The summed E-state index contributed by atoms with van der Waals surface area (Å²) >= 11 is 0. The molecule has 1 N–H and O–H groups in total. The number of rotatable bonds is 2. The fraction of sp³-hybridized carbons (Fsp3) is 0.300. The Hall–Kier alpha value is -1.45. The van der Waals surface area contributed by atoms with Gasteiger partial charge in [0.1, 0.15) is 11.6 Å². The van der Waals surface area contributed by atoms with Crippen molar-refractivity contribution in [2.24, 2.45) is 0 Å². The van der Waals surface area contributed by atoms with Crippen LogP contribution in [0, 0.1) is 11.6 Å². The van der Waals surface area contributed by atoms with Crippen molar-refractivity contribution in [3.63, 3.8) is 0 Å². The molecular formula is C10H8F2O2. The van der Waals surface area contributed by atoms with Crippen molar-refractivity contribution >= 4 is 5.97 Å². The van der Waals surface area contributed by atoms with E-state index >= 15 is 0 Å². The Kier molecular flexibility index (Phi) is 1.98. The standard InChI is InChI=1S/C10H8F2O2/c11-7-4-3-6(10(13)14)9(12)8(7)5-1-2-5/h3-5H,1-2H2,(H,13,14). The van der Waals surface area contributed by atoms with Gasteiger partial charge in [-0.2, -0.15) is 0 Å². The zero-order chi connectivity index (χ0) is 10.3. The van der Waals surface area contributed by atoms with Crippen LogP contribution in [0.15, 0.2) is 12.1 Å². The maximum atomic E-state index is 13.5. The van der Waals surface area contributed by atoms with Crippen LogP contribution in [0.5, 0.6) is 0 Å². The van der Waals surface area contributed by atoms with E-state index in [9.17, 15) is 13.6 Å². The van der Waals surface area contributed by atoms with Gasteiger partial charge in [-0.05, 0) is 30.9 Å². The molecule has 0 heterocycles. The Bertz CT molecular complexity index is 397. The highest BCUT2D eigenvalue weighted by atomic mass is 19.1. The fourth-order valence-electron chi connectivity index (χ4n) is 1.48. The van der Waals surface area contributed by atoms with E-state index in [1.165, 1.54) is 0 Å². The minimum Gasteiger partial charge on any atom is -0.478 e. The lowest BCUT2D eigenvalue weighted by Crippen LogP contribution is -2.05. The van der Waals surface area contributed by atoms with Crippen molar-refractivity contribution in [1.82, 2.24) is 0 Å². The van der Waals surface area contributed by atoms with Crippen molar-refractivity contribution in [2.45, 2.75) is 18.8 Å².